The molecule has 4 aromatic rings. The lowest BCUT2D eigenvalue weighted by Gasteiger charge is -2.29. The first-order chi connectivity index (χ1) is 14.8. The molecule has 2 N–H and O–H groups in total. The molecule has 0 aliphatic carbocycles. The van der Waals surface area contributed by atoms with Gasteiger partial charge >= 0.3 is 0 Å². The van der Waals surface area contributed by atoms with E-state index in [9.17, 15) is 0 Å². The number of rotatable bonds is 4. The number of para-hydroxylation sites is 1. The second kappa shape index (κ2) is 7.03. The number of aromatic nitrogens is 4. The predicted molar refractivity (Wildman–Crippen MR) is 118 cm³/mol. The fourth-order valence-electron chi connectivity index (χ4n) is 4.44. The van der Waals surface area contributed by atoms with Gasteiger partial charge in [-0.05, 0) is 36.8 Å². The molecule has 1 aromatic carbocycles. The van der Waals surface area contributed by atoms with Crippen molar-refractivity contribution in [2.45, 2.75) is 18.5 Å². The number of fused-ring (bicyclic) bond motifs is 3. The van der Waals surface area contributed by atoms with E-state index in [1.54, 1.807) is 6.20 Å². The van der Waals surface area contributed by atoms with Crippen molar-refractivity contribution in [1.29, 1.82) is 0 Å². The molecule has 0 saturated carbocycles. The minimum atomic E-state index is 0.488. The van der Waals surface area contributed by atoms with Crippen LogP contribution in [0.2, 0.25) is 0 Å². The normalized spacial score (nSPS) is 20.1. The van der Waals surface area contributed by atoms with E-state index in [-0.39, 0.29) is 0 Å². The molecule has 2 fully saturated rings. The van der Waals surface area contributed by atoms with Gasteiger partial charge in [-0.25, -0.2) is 15.0 Å². The maximum atomic E-state index is 5.02. The molecular weight excluding hydrogens is 374 g/mol. The third kappa shape index (κ3) is 3.04. The number of hydrogen-bond donors (Lipinski definition) is 2. The van der Waals surface area contributed by atoms with Gasteiger partial charge in [0.1, 0.15) is 11.6 Å². The minimum Gasteiger partial charge on any atom is -0.350 e. The van der Waals surface area contributed by atoms with Crippen LogP contribution in [0, 0.1) is 0 Å². The Bertz CT molecular complexity index is 1210. The summed E-state index contributed by atoms with van der Waals surface area (Å²) in [7, 11) is 0. The van der Waals surface area contributed by atoms with Gasteiger partial charge in [0, 0.05) is 54.2 Å². The van der Waals surface area contributed by atoms with Crippen LogP contribution >= 0.6 is 0 Å². The summed E-state index contributed by atoms with van der Waals surface area (Å²) in [5, 5.41) is 7.97. The van der Waals surface area contributed by atoms with Gasteiger partial charge in [0.2, 0.25) is 0 Å². The zero-order chi connectivity index (χ0) is 19.9. The molecule has 148 valence electrons. The molecule has 2 atom stereocenters. The van der Waals surface area contributed by atoms with Gasteiger partial charge < -0.3 is 15.5 Å². The molecule has 30 heavy (non-hydrogen) atoms. The molecule has 7 heteroatoms. The third-order valence-corrected chi connectivity index (χ3v) is 5.87. The Morgan fingerprint density at radius 2 is 1.97 bits per heavy atom. The summed E-state index contributed by atoms with van der Waals surface area (Å²) in [5.74, 6) is 2.46. The number of pyridine rings is 2. The summed E-state index contributed by atoms with van der Waals surface area (Å²) in [4.78, 5) is 21.0. The van der Waals surface area contributed by atoms with Crippen LogP contribution < -0.4 is 15.5 Å². The second-order valence-corrected chi connectivity index (χ2v) is 7.83. The van der Waals surface area contributed by atoms with E-state index >= 15 is 0 Å². The largest absolute Gasteiger partial charge is 0.350 e. The molecule has 2 aliphatic heterocycles. The average Bonchev–Trinajstić information content (AvgIpc) is 3.43. The smallest absolute Gasteiger partial charge is 0.162 e. The first-order valence-corrected chi connectivity index (χ1v) is 10.2. The fraction of sp³-hybridized carbons (Fsp3) is 0.217. The van der Waals surface area contributed by atoms with E-state index in [4.69, 9.17) is 9.97 Å². The number of anilines is 3. The minimum absolute atomic E-state index is 0.488. The molecule has 5 heterocycles. The van der Waals surface area contributed by atoms with Crippen molar-refractivity contribution in [3.8, 4) is 11.4 Å². The van der Waals surface area contributed by atoms with E-state index in [1.807, 2.05) is 60.9 Å². The summed E-state index contributed by atoms with van der Waals surface area (Å²) in [6.45, 7) is 1.99. The van der Waals surface area contributed by atoms with Crippen molar-refractivity contribution in [2.75, 3.05) is 23.3 Å². The van der Waals surface area contributed by atoms with Gasteiger partial charge in [-0.15, -0.1) is 0 Å². The highest BCUT2D eigenvalue weighted by atomic mass is 15.3. The first-order valence-electron chi connectivity index (χ1n) is 10.2. The summed E-state index contributed by atoms with van der Waals surface area (Å²) in [5.41, 5.74) is 2.78. The quantitative estimate of drug-likeness (QED) is 0.548. The van der Waals surface area contributed by atoms with Crippen molar-refractivity contribution in [3.63, 3.8) is 0 Å². The maximum absolute atomic E-state index is 5.02. The van der Waals surface area contributed by atoms with Crippen molar-refractivity contribution < 1.29 is 0 Å². The summed E-state index contributed by atoms with van der Waals surface area (Å²) in [6.07, 6.45) is 6.60. The monoisotopic (exact) mass is 395 g/mol. The Balaban J connectivity index is 1.42. The maximum Gasteiger partial charge on any atom is 0.162 e. The topological polar surface area (TPSA) is 78.9 Å². The molecule has 0 radical (unpaired) electrons. The predicted octanol–water partition coefficient (Wildman–Crippen LogP) is 3.38. The van der Waals surface area contributed by atoms with Crippen LogP contribution in [-0.2, 0) is 0 Å². The lowest BCUT2D eigenvalue weighted by atomic mass is 10.2. The highest BCUT2D eigenvalue weighted by Gasteiger charge is 2.39. The number of benzene rings is 1. The molecule has 2 aliphatic rings. The fourth-order valence-corrected chi connectivity index (χ4v) is 4.44. The molecule has 2 saturated heterocycles. The first kappa shape index (κ1) is 17.3. The Hall–Kier alpha value is -3.58. The summed E-state index contributed by atoms with van der Waals surface area (Å²) >= 11 is 0. The lowest BCUT2D eigenvalue weighted by molar-refractivity contribution is 0.577. The highest BCUT2D eigenvalue weighted by molar-refractivity contribution is 5.91. The Morgan fingerprint density at radius 1 is 1.03 bits per heavy atom. The van der Waals surface area contributed by atoms with E-state index in [1.165, 1.54) is 6.42 Å². The zero-order valence-corrected chi connectivity index (χ0v) is 16.4. The Labute approximate surface area is 174 Å². The molecule has 0 amide bonds. The number of piperazine rings is 1. The molecule has 3 aromatic heterocycles. The molecule has 2 unspecified atom stereocenters. The van der Waals surface area contributed by atoms with Crippen molar-refractivity contribution in [2.24, 2.45) is 0 Å². The van der Waals surface area contributed by atoms with Crippen LogP contribution in [0.5, 0.6) is 0 Å². The van der Waals surface area contributed by atoms with Crippen LogP contribution in [0.4, 0.5) is 17.3 Å². The van der Waals surface area contributed by atoms with Crippen molar-refractivity contribution in [3.05, 3.63) is 67.1 Å². The Morgan fingerprint density at radius 3 is 2.80 bits per heavy atom. The second-order valence-electron chi connectivity index (χ2n) is 7.83. The molecule has 0 spiro atoms. The highest BCUT2D eigenvalue weighted by Crippen LogP contribution is 2.34. The third-order valence-electron chi connectivity index (χ3n) is 5.87. The SMILES string of the molecule is c1ccc(Nc2cc(-c3nc(N4CC5CC4CN5)c4ccncc4n3)ccn2)cc1. The van der Waals surface area contributed by atoms with Crippen LogP contribution in [0.3, 0.4) is 0 Å². The number of hydrogen-bond acceptors (Lipinski definition) is 7. The van der Waals surface area contributed by atoms with E-state index in [2.05, 4.69) is 25.5 Å². The summed E-state index contributed by atoms with van der Waals surface area (Å²) in [6, 6.07) is 17.0. The van der Waals surface area contributed by atoms with Crippen LogP contribution in [0.15, 0.2) is 67.1 Å². The van der Waals surface area contributed by atoms with Crippen molar-refractivity contribution >= 4 is 28.2 Å². The number of nitrogens with one attached hydrogen (secondary N) is 2. The molecule has 2 bridgehead atoms. The summed E-state index contributed by atoms with van der Waals surface area (Å²) < 4.78 is 0. The van der Waals surface area contributed by atoms with E-state index < -0.39 is 0 Å². The molecule has 6 rings (SSSR count). The molecule has 7 nitrogen and oxygen atoms in total. The lowest BCUT2D eigenvalue weighted by Crippen LogP contribution is -2.44. The van der Waals surface area contributed by atoms with Gasteiger partial charge in [-0.1, -0.05) is 18.2 Å². The van der Waals surface area contributed by atoms with Crippen LogP contribution in [0.1, 0.15) is 6.42 Å². The van der Waals surface area contributed by atoms with Crippen LogP contribution in [-0.4, -0.2) is 45.1 Å². The van der Waals surface area contributed by atoms with Crippen molar-refractivity contribution in [1.82, 2.24) is 25.3 Å². The number of nitrogens with zero attached hydrogens (tertiary/aromatic N) is 5. The van der Waals surface area contributed by atoms with E-state index in [0.717, 1.165) is 46.9 Å². The van der Waals surface area contributed by atoms with Gasteiger partial charge in [-0.3, -0.25) is 4.98 Å². The average molecular weight is 395 g/mol. The Kier molecular flexibility index (Phi) is 4.06. The van der Waals surface area contributed by atoms with Crippen LogP contribution in [0.25, 0.3) is 22.3 Å². The van der Waals surface area contributed by atoms with Gasteiger partial charge in [0.25, 0.3) is 0 Å². The zero-order valence-electron chi connectivity index (χ0n) is 16.4. The van der Waals surface area contributed by atoms with Gasteiger partial charge in [0.05, 0.1) is 11.7 Å². The molecular formula is C23H21N7. The van der Waals surface area contributed by atoms with E-state index in [0.29, 0.717) is 17.9 Å². The van der Waals surface area contributed by atoms with Gasteiger partial charge in [0.15, 0.2) is 5.82 Å². The standard InChI is InChI=1S/C23H21N7/c1-2-4-16(5-3-1)27-21-10-15(6-9-25-21)22-28-20-13-24-8-7-19(20)23(29-22)30-14-17-11-18(30)12-26-17/h1-10,13,17-18,26H,11-12,14H2,(H,25,27). The van der Waals surface area contributed by atoms with Gasteiger partial charge in [-0.2, -0.15) is 0 Å².